The third-order valence-corrected chi connectivity index (χ3v) is 6.93. The van der Waals surface area contributed by atoms with E-state index in [1.54, 1.807) is 0 Å². The number of sulfone groups is 1. The van der Waals surface area contributed by atoms with Crippen molar-refractivity contribution >= 4 is 9.84 Å². The maximum Gasteiger partial charge on any atom is 0.158 e. The summed E-state index contributed by atoms with van der Waals surface area (Å²) in [5.41, 5.74) is 8.32. The topological polar surface area (TPSA) is 66.6 Å². The fourth-order valence-electron chi connectivity index (χ4n) is 3.08. The number of rotatable bonds is 3. The second-order valence-electron chi connectivity index (χ2n) is 6.50. The molecule has 0 unspecified atom stereocenters. The molecule has 1 saturated heterocycles. The van der Waals surface area contributed by atoms with Crippen molar-refractivity contribution in [1.82, 2.24) is 9.80 Å². The molecule has 0 aliphatic carbocycles. The highest BCUT2D eigenvalue weighted by Crippen LogP contribution is 2.29. The standard InChI is InChI=1S/C14H27N3O2S/c1-4-6-16-7-5-13(12(15)10-16)17-8-9-20(18,19)14(2,3)11-17/h4-11,15H2,1-3H3. The second kappa shape index (κ2) is 5.56. The minimum Gasteiger partial charge on any atom is -0.400 e. The molecule has 0 aromatic carbocycles. The lowest BCUT2D eigenvalue weighted by Crippen LogP contribution is -2.53. The molecule has 0 radical (unpaired) electrons. The predicted molar refractivity (Wildman–Crippen MR) is 82.0 cm³/mol. The molecule has 2 heterocycles. The summed E-state index contributed by atoms with van der Waals surface area (Å²) in [6, 6.07) is 0. The lowest BCUT2D eigenvalue weighted by molar-refractivity contribution is 0.234. The molecular weight excluding hydrogens is 274 g/mol. The summed E-state index contributed by atoms with van der Waals surface area (Å²) < 4.78 is 23.5. The van der Waals surface area contributed by atoms with Gasteiger partial charge < -0.3 is 10.6 Å². The van der Waals surface area contributed by atoms with Crippen molar-refractivity contribution in [3.05, 3.63) is 11.4 Å². The van der Waals surface area contributed by atoms with Crippen LogP contribution in [-0.4, -0.2) is 61.4 Å². The molecule has 2 aliphatic heterocycles. The summed E-state index contributed by atoms with van der Waals surface area (Å²) >= 11 is 0. The molecule has 0 spiro atoms. The van der Waals surface area contributed by atoms with Crippen molar-refractivity contribution in [2.75, 3.05) is 38.5 Å². The van der Waals surface area contributed by atoms with E-state index in [4.69, 9.17) is 5.73 Å². The van der Waals surface area contributed by atoms with Gasteiger partial charge in [-0.1, -0.05) is 6.92 Å². The largest absolute Gasteiger partial charge is 0.400 e. The van der Waals surface area contributed by atoms with E-state index in [1.807, 2.05) is 13.8 Å². The highest BCUT2D eigenvalue weighted by atomic mass is 32.2. The zero-order chi connectivity index (χ0) is 15.0. The van der Waals surface area contributed by atoms with Crippen LogP contribution >= 0.6 is 0 Å². The first-order valence-corrected chi connectivity index (χ1v) is 9.09. The Balaban J connectivity index is 2.12. The van der Waals surface area contributed by atoms with Gasteiger partial charge in [0.25, 0.3) is 0 Å². The van der Waals surface area contributed by atoms with E-state index in [-0.39, 0.29) is 5.75 Å². The molecule has 6 heteroatoms. The van der Waals surface area contributed by atoms with Gasteiger partial charge in [0, 0.05) is 44.0 Å². The van der Waals surface area contributed by atoms with E-state index in [0.29, 0.717) is 13.1 Å². The normalized spacial score (nSPS) is 26.9. The Morgan fingerprint density at radius 1 is 1.30 bits per heavy atom. The van der Waals surface area contributed by atoms with E-state index >= 15 is 0 Å². The Kier molecular flexibility index (Phi) is 4.35. The summed E-state index contributed by atoms with van der Waals surface area (Å²) in [7, 11) is -2.98. The smallest absolute Gasteiger partial charge is 0.158 e. The number of hydrogen-bond donors (Lipinski definition) is 1. The van der Waals surface area contributed by atoms with Crippen LogP contribution in [0, 0.1) is 0 Å². The van der Waals surface area contributed by atoms with Gasteiger partial charge in [-0.15, -0.1) is 0 Å². The molecule has 0 bridgehead atoms. The monoisotopic (exact) mass is 301 g/mol. The number of nitrogens with zero attached hydrogens (tertiary/aromatic N) is 2. The highest BCUT2D eigenvalue weighted by Gasteiger charge is 2.41. The number of hydrogen-bond acceptors (Lipinski definition) is 5. The van der Waals surface area contributed by atoms with Gasteiger partial charge in [0.15, 0.2) is 9.84 Å². The molecule has 2 aliphatic rings. The van der Waals surface area contributed by atoms with Crippen molar-refractivity contribution in [3.63, 3.8) is 0 Å². The van der Waals surface area contributed by atoms with Gasteiger partial charge in [-0.3, -0.25) is 4.90 Å². The van der Waals surface area contributed by atoms with E-state index in [2.05, 4.69) is 16.7 Å². The maximum absolute atomic E-state index is 12.1. The summed E-state index contributed by atoms with van der Waals surface area (Å²) in [4.78, 5) is 4.56. The fraction of sp³-hybridized carbons (Fsp3) is 0.857. The van der Waals surface area contributed by atoms with Crippen molar-refractivity contribution in [3.8, 4) is 0 Å². The van der Waals surface area contributed by atoms with Gasteiger partial charge in [-0.25, -0.2) is 8.42 Å². The quantitative estimate of drug-likeness (QED) is 0.834. The average molecular weight is 301 g/mol. The Morgan fingerprint density at radius 2 is 2.00 bits per heavy atom. The SMILES string of the molecule is CCCN1CCC(N2CCS(=O)(=O)C(C)(C)C2)=C(N)C1. The van der Waals surface area contributed by atoms with Gasteiger partial charge in [0.05, 0.1) is 10.5 Å². The molecular formula is C14H27N3O2S. The molecule has 2 rings (SSSR count). The van der Waals surface area contributed by atoms with Gasteiger partial charge in [0.2, 0.25) is 0 Å². The third kappa shape index (κ3) is 2.96. The van der Waals surface area contributed by atoms with Crippen molar-refractivity contribution in [2.45, 2.75) is 38.4 Å². The minimum absolute atomic E-state index is 0.232. The molecule has 0 saturated carbocycles. The molecule has 0 aromatic rings. The van der Waals surface area contributed by atoms with Crippen LogP contribution in [0.25, 0.3) is 0 Å². The second-order valence-corrected chi connectivity index (χ2v) is 9.24. The van der Waals surface area contributed by atoms with Crippen LogP contribution in [0.1, 0.15) is 33.6 Å². The predicted octanol–water partition coefficient (Wildman–Crippen LogP) is 0.781. The third-order valence-electron chi connectivity index (χ3n) is 4.39. The van der Waals surface area contributed by atoms with Gasteiger partial charge in [0.1, 0.15) is 0 Å². The zero-order valence-corrected chi connectivity index (χ0v) is 13.7. The zero-order valence-electron chi connectivity index (χ0n) is 12.9. The Labute approximate surface area is 122 Å². The lowest BCUT2D eigenvalue weighted by atomic mass is 10.1. The molecule has 0 amide bonds. The van der Waals surface area contributed by atoms with E-state index in [9.17, 15) is 8.42 Å². The van der Waals surface area contributed by atoms with Gasteiger partial charge in [-0.05, 0) is 26.8 Å². The Hall–Kier alpha value is -0.750. The Morgan fingerprint density at radius 3 is 2.55 bits per heavy atom. The average Bonchev–Trinajstić information content (AvgIpc) is 2.34. The molecule has 20 heavy (non-hydrogen) atoms. The summed E-state index contributed by atoms with van der Waals surface area (Å²) in [5, 5.41) is 0. The lowest BCUT2D eigenvalue weighted by Gasteiger charge is -2.42. The highest BCUT2D eigenvalue weighted by molar-refractivity contribution is 7.92. The molecule has 5 nitrogen and oxygen atoms in total. The molecule has 0 aromatic heterocycles. The van der Waals surface area contributed by atoms with Crippen LogP contribution in [0.2, 0.25) is 0 Å². The summed E-state index contributed by atoms with van der Waals surface area (Å²) in [5.74, 6) is 0.232. The molecule has 0 atom stereocenters. The first kappa shape index (κ1) is 15.6. The van der Waals surface area contributed by atoms with E-state index < -0.39 is 14.6 Å². The van der Waals surface area contributed by atoms with E-state index in [1.165, 1.54) is 5.70 Å². The molecule has 2 N–H and O–H groups in total. The molecule has 1 fully saturated rings. The number of nitrogens with two attached hydrogens (primary N) is 1. The van der Waals surface area contributed by atoms with Crippen LogP contribution in [0.4, 0.5) is 0 Å². The van der Waals surface area contributed by atoms with Crippen molar-refractivity contribution in [2.24, 2.45) is 5.73 Å². The fourth-order valence-corrected chi connectivity index (χ4v) is 4.44. The van der Waals surface area contributed by atoms with Crippen LogP contribution < -0.4 is 5.73 Å². The van der Waals surface area contributed by atoms with Crippen LogP contribution in [-0.2, 0) is 9.84 Å². The van der Waals surface area contributed by atoms with Gasteiger partial charge in [-0.2, -0.15) is 0 Å². The maximum atomic E-state index is 12.1. The van der Waals surface area contributed by atoms with Crippen LogP contribution in [0.5, 0.6) is 0 Å². The van der Waals surface area contributed by atoms with Crippen molar-refractivity contribution < 1.29 is 8.42 Å². The Bertz CT molecular complexity index is 497. The first-order valence-electron chi connectivity index (χ1n) is 7.44. The summed E-state index contributed by atoms with van der Waals surface area (Å²) in [6.45, 7) is 9.85. The first-order chi connectivity index (χ1) is 9.27. The van der Waals surface area contributed by atoms with Crippen LogP contribution in [0.15, 0.2) is 11.4 Å². The summed E-state index contributed by atoms with van der Waals surface area (Å²) in [6.07, 6.45) is 2.07. The van der Waals surface area contributed by atoms with Gasteiger partial charge >= 0.3 is 0 Å². The van der Waals surface area contributed by atoms with Crippen LogP contribution in [0.3, 0.4) is 0 Å². The minimum atomic E-state index is -2.98. The molecule has 116 valence electrons. The van der Waals surface area contributed by atoms with E-state index in [0.717, 1.165) is 38.2 Å². The van der Waals surface area contributed by atoms with Crippen molar-refractivity contribution in [1.29, 1.82) is 0 Å².